The van der Waals surface area contributed by atoms with Gasteiger partial charge in [-0.2, -0.15) is 0 Å². The molecule has 2 rings (SSSR count). The van der Waals surface area contributed by atoms with Gasteiger partial charge in [0.1, 0.15) is 0 Å². The smallest absolute Gasteiger partial charge is 0.0610 e. The molecule has 0 heterocycles. The lowest BCUT2D eigenvalue weighted by atomic mass is 9.85. The molecule has 0 amide bonds. The van der Waals surface area contributed by atoms with Gasteiger partial charge in [0.25, 0.3) is 0 Å². The zero-order chi connectivity index (χ0) is 15.1. The van der Waals surface area contributed by atoms with Gasteiger partial charge < -0.3 is 15.2 Å². The molecule has 0 spiro atoms. The van der Waals surface area contributed by atoms with Gasteiger partial charge in [-0.25, -0.2) is 0 Å². The van der Waals surface area contributed by atoms with Crippen LogP contribution in [-0.4, -0.2) is 36.0 Å². The topological polar surface area (TPSA) is 41.5 Å². The maximum Gasteiger partial charge on any atom is 0.0610 e. The Morgan fingerprint density at radius 1 is 1.14 bits per heavy atom. The lowest BCUT2D eigenvalue weighted by Crippen LogP contribution is -2.46. The van der Waals surface area contributed by atoms with E-state index in [1.807, 2.05) is 0 Å². The Balaban J connectivity index is 1.58. The Hall–Kier alpha value is -0.120. The summed E-state index contributed by atoms with van der Waals surface area (Å²) in [5.41, 5.74) is -0.0854. The van der Waals surface area contributed by atoms with Crippen molar-refractivity contribution in [3.05, 3.63) is 0 Å². The van der Waals surface area contributed by atoms with Gasteiger partial charge in [-0.15, -0.1) is 0 Å². The molecule has 0 radical (unpaired) electrons. The molecular formula is C18H35NO2. The maximum absolute atomic E-state index is 9.60. The van der Waals surface area contributed by atoms with E-state index in [9.17, 15) is 5.11 Å². The van der Waals surface area contributed by atoms with Crippen LogP contribution < -0.4 is 5.32 Å². The molecule has 0 bridgehead atoms. The van der Waals surface area contributed by atoms with Crippen molar-refractivity contribution in [3.63, 3.8) is 0 Å². The molecule has 0 saturated heterocycles. The summed E-state index contributed by atoms with van der Waals surface area (Å²) in [6.07, 6.45) is 13.0. The third-order valence-electron chi connectivity index (χ3n) is 5.30. The number of ether oxygens (including phenoxy) is 1. The Bertz CT molecular complexity index is 293. The lowest BCUT2D eigenvalue weighted by molar-refractivity contribution is -0.0141. The highest BCUT2D eigenvalue weighted by atomic mass is 16.5. The first-order valence-corrected chi connectivity index (χ1v) is 9.17. The first-order chi connectivity index (χ1) is 10.2. The van der Waals surface area contributed by atoms with Crippen molar-refractivity contribution in [2.24, 2.45) is 5.92 Å². The van der Waals surface area contributed by atoms with Gasteiger partial charge in [0.15, 0.2) is 0 Å². The normalized spacial score (nSPS) is 29.3. The van der Waals surface area contributed by atoms with Crippen LogP contribution in [0.1, 0.15) is 78.1 Å². The molecule has 2 aliphatic carbocycles. The van der Waals surface area contributed by atoms with Crippen LogP contribution in [0.3, 0.4) is 0 Å². The quantitative estimate of drug-likeness (QED) is 0.605. The minimum absolute atomic E-state index is 0.0854. The highest BCUT2D eigenvalue weighted by molar-refractivity contribution is 4.92. The SMILES string of the molecule is CCC1CCCCC1OCCCCC(C)(CO)NC1CC1. The molecule has 2 N–H and O–H groups in total. The number of hydrogen-bond donors (Lipinski definition) is 2. The summed E-state index contributed by atoms with van der Waals surface area (Å²) in [5, 5.41) is 13.2. The third kappa shape index (κ3) is 5.88. The molecule has 2 aliphatic rings. The van der Waals surface area contributed by atoms with Crippen LogP contribution in [0.2, 0.25) is 0 Å². The Kier molecular flexibility index (Phi) is 6.97. The highest BCUT2D eigenvalue weighted by Gasteiger charge is 2.31. The van der Waals surface area contributed by atoms with Crippen LogP contribution >= 0.6 is 0 Å². The summed E-state index contributed by atoms with van der Waals surface area (Å²) < 4.78 is 6.15. The van der Waals surface area contributed by atoms with E-state index in [0.29, 0.717) is 12.1 Å². The van der Waals surface area contributed by atoms with Crippen LogP contribution in [0, 0.1) is 5.92 Å². The molecule has 3 atom stereocenters. The lowest BCUT2D eigenvalue weighted by Gasteiger charge is -2.31. The molecule has 124 valence electrons. The number of aliphatic hydroxyl groups excluding tert-OH is 1. The van der Waals surface area contributed by atoms with E-state index in [0.717, 1.165) is 31.8 Å². The Labute approximate surface area is 130 Å². The minimum atomic E-state index is -0.0854. The molecule has 0 aromatic heterocycles. The fraction of sp³-hybridized carbons (Fsp3) is 1.00. The summed E-state index contributed by atoms with van der Waals surface area (Å²) in [5.74, 6) is 0.790. The van der Waals surface area contributed by atoms with Crippen molar-refractivity contribution in [2.45, 2.75) is 95.7 Å². The van der Waals surface area contributed by atoms with Crippen molar-refractivity contribution >= 4 is 0 Å². The van der Waals surface area contributed by atoms with Gasteiger partial charge in [-0.3, -0.25) is 0 Å². The molecule has 3 nitrogen and oxygen atoms in total. The van der Waals surface area contributed by atoms with E-state index in [-0.39, 0.29) is 12.1 Å². The standard InChI is InChI=1S/C18H35NO2/c1-3-15-8-4-5-9-17(15)21-13-7-6-12-18(2,14-20)19-16-10-11-16/h15-17,19-20H,3-14H2,1-2H3. The van der Waals surface area contributed by atoms with Gasteiger partial charge in [0.2, 0.25) is 0 Å². The minimum Gasteiger partial charge on any atom is -0.394 e. The molecule has 0 aromatic carbocycles. The van der Waals surface area contributed by atoms with Crippen LogP contribution in [0.25, 0.3) is 0 Å². The molecule has 0 aliphatic heterocycles. The van der Waals surface area contributed by atoms with Gasteiger partial charge in [0, 0.05) is 18.2 Å². The second-order valence-corrected chi connectivity index (χ2v) is 7.46. The van der Waals surface area contributed by atoms with Gasteiger partial charge >= 0.3 is 0 Å². The molecule has 3 unspecified atom stereocenters. The van der Waals surface area contributed by atoms with Crippen molar-refractivity contribution in [2.75, 3.05) is 13.2 Å². The molecular weight excluding hydrogens is 262 g/mol. The summed E-state index contributed by atoms with van der Waals surface area (Å²) >= 11 is 0. The van der Waals surface area contributed by atoms with E-state index in [2.05, 4.69) is 19.2 Å². The fourth-order valence-electron chi connectivity index (χ4n) is 3.63. The van der Waals surface area contributed by atoms with Crippen LogP contribution in [-0.2, 0) is 4.74 Å². The van der Waals surface area contributed by atoms with Crippen molar-refractivity contribution < 1.29 is 9.84 Å². The summed E-state index contributed by atoms with van der Waals surface area (Å²) in [4.78, 5) is 0. The van der Waals surface area contributed by atoms with E-state index < -0.39 is 0 Å². The van der Waals surface area contributed by atoms with E-state index in [1.165, 1.54) is 44.9 Å². The molecule has 2 fully saturated rings. The van der Waals surface area contributed by atoms with E-state index in [1.54, 1.807) is 0 Å². The van der Waals surface area contributed by atoms with Crippen LogP contribution in [0.5, 0.6) is 0 Å². The third-order valence-corrected chi connectivity index (χ3v) is 5.30. The van der Waals surface area contributed by atoms with Gasteiger partial charge in [0.05, 0.1) is 12.7 Å². The van der Waals surface area contributed by atoms with E-state index >= 15 is 0 Å². The molecule has 21 heavy (non-hydrogen) atoms. The second-order valence-electron chi connectivity index (χ2n) is 7.46. The monoisotopic (exact) mass is 297 g/mol. The largest absolute Gasteiger partial charge is 0.394 e. The van der Waals surface area contributed by atoms with Crippen molar-refractivity contribution in [1.29, 1.82) is 0 Å². The fourth-order valence-corrected chi connectivity index (χ4v) is 3.63. The van der Waals surface area contributed by atoms with E-state index in [4.69, 9.17) is 4.74 Å². The van der Waals surface area contributed by atoms with Crippen LogP contribution in [0.4, 0.5) is 0 Å². The summed E-state index contributed by atoms with van der Waals surface area (Å²) in [6, 6.07) is 0.658. The molecule has 0 aromatic rings. The first kappa shape index (κ1) is 17.2. The maximum atomic E-state index is 9.60. The average Bonchev–Trinajstić information content (AvgIpc) is 3.31. The second kappa shape index (κ2) is 8.50. The van der Waals surface area contributed by atoms with Crippen molar-refractivity contribution in [3.8, 4) is 0 Å². The predicted molar refractivity (Wildman–Crippen MR) is 87.5 cm³/mol. The zero-order valence-electron chi connectivity index (χ0n) is 14.1. The number of unbranched alkanes of at least 4 members (excludes halogenated alkanes) is 1. The van der Waals surface area contributed by atoms with Gasteiger partial charge in [-0.05, 0) is 57.8 Å². The Morgan fingerprint density at radius 2 is 1.90 bits per heavy atom. The zero-order valence-corrected chi connectivity index (χ0v) is 14.1. The first-order valence-electron chi connectivity index (χ1n) is 9.17. The number of nitrogens with one attached hydrogen (secondary N) is 1. The molecule has 3 heteroatoms. The highest BCUT2D eigenvalue weighted by Crippen LogP contribution is 2.29. The number of hydrogen-bond acceptors (Lipinski definition) is 3. The van der Waals surface area contributed by atoms with Crippen LogP contribution in [0.15, 0.2) is 0 Å². The summed E-state index contributed by atoms with van der Waals surface area (Å²) in [6.45, 7) is 5.58. The van der Waals surface area contributed by atoms with Gasteiger partial charge in [-0.1, -0.05) is 26.2 Å². The predicted octanol–water partition coefficient (Wildman–Crippen LogP) is 3.65. The van der Waals surface area contributed by atoms with Crippen molar-refractivity contribution in [1.82, 2.24) is 5.32 Å². The molecule has 2 saturated carbocycles. The average molecular weight is 297 g/mol. The summed E-state index contributed by atoms with van der Waals surface area (Å²) in [7, 11) is 0. The Morgan fingerprint density at radius 3 is 2.57 bits per heavy atom. The number of aliphatic hydroxyl groups is 1. The number of rotatable bonds is 10.